The lowest BCUT2D eigenvalue weighted by Gasteiger charge is -2.05. The Labute approximate surface area is 155 Å². The molecule has 0 spiro atoms. The molecule has 0 saturated heterocycles. The molecule has 4 nitrogen and oxygen atoms in total. The highest BCUT2D eigenvalue weighted by Crippen LogP contribution is 2.15. The summed E-state index contributed by atoms with van der Waals surface area (Å²) < 4.78 is 0. The number of hydrogen-bond acceptors (Lipinski definition) is 2. The molecule has 0 aliphatic heterocycles. The predicted octanol–water partition coefficient (Wildman–Crippen LogP) is 5.83. The van der Waals surface area contributed by atoms with Crippen molar-refractivity contribution in [2.45, 2.75) is 101 Å². The smallest absolute Gasteiger partial charge is 0.321 e. The predicted molar refractivity (Wildman–Crippen MR) is 99.2 cm³/mol. The number of carboxylic acids is 2. The molecule has 0 bridgehead atoms. The van der Waals surface area contributed by atoms with E-state index >= 15 is 0 Å². The first-order chi connectivity index (χ1) is 11.4. The van der Waals surface area contributed by atoms with E-state index in [2.05, 4.69) is 0 Å². The topological polar surface area (TPSA) is 74.6 Å². The van der Waals surface area contributed by atoms with Crippen molar-refractivity contribution in [3.05, 3.63) is 0 Å². The second-order valence-corrected chi connectivity index (χ2v) is 7.49. The average Bonchev–Trinajstić information content (AvgIpc) is 2.54. The van der Waals surface area contributed by atoms with Crippen LogP contribution in [0.15, 0.2) is 0 Å². The van der Waals surface area contributed by atoms with Gasteiger partial charge in [0.15, 0.2) is 0 Å². The second-order valence-electron chi connectivity index (χ2n) is 6.43. The molecule has 24 heavy (non-hydrogen) atoms. The van der Waals surface area contributed by atoms with Crippen LogP contribution in [-0.4, -0.2) is 32.9 Å². The molecule has 0 amide bonds. The number of halogens is 2. The summed E-state index contributed by atoms with van der Waals surface area (Å²) in [7, 11) is 0. The van der Waals surface area contributed by atoms with Gasteiger partial charge in [0.25, 0.3) is 0 Å². The monoisotopic (exact) mass is 382 g/mol. The van der Waals surface area contributed by atoms with Crippen LogP contribution in [0.5, 0.6) is 0 Å². The number of rotatable bonds is 17. The maximum absolute atomic E-state index is 10.5. The van der Waals surface area contributed by atoms with Crippen LogP contribution in [0.25, 0.3) is 0 Å². The third kappa shape index (κ3) is 15.1. The zero-order valence-electron chi connectivity index (χ0n) is 14.5. The van der Waals surface area contributed by atoms with Crippen molar-refractivity contribution in [1.82, 2.24) is 0 Å². The summed E-state index contributed by atoms with van der Waals surface area (Å²) in [5.41, 5.74) is 0. The molecule has 2 atom stereocenters. The molecule has 142 valence electrons. The summed E-state index contributed by atoms with van der Waals surface area (Å²) in [6.45, 7) is 0. The van der Waals surface area contributed by atoms with Gasteiger partial charge in [-0.05, 0) is 12.8 Å². The van der Waals surface area contributed by atoms with Crippen LogP contribution >= 0.6 is 23.2 Å². The minimum absolute atomic E-state index is 0.563. The van der Waals surface area contributed by atoms with E-state index in [1.54, 1.807) is 0 Å². The highest BCUT2D eigenvalue weighted by Gasteiger charge is 2.12. The molecule has 0 aromatic carbocycles. The van der Waals surface area contributed by atoms with Crippen LogP contribution in [0.1, 0.15) is 89.9 Å². The van der Waals surface area contributed by atoms with Crippen molar-refractivity contribution in [2.24, 2.45) is 0 Å². The highest BCUT2D eigenvalue weighted by molar-refractivity contribution is 6.29. The fourth-order valence-electron chi connectivity index (χ4n) is 2.66. The van der Waals surface area contributed by atoms with Gasteiger partial charge >= 0.3 is 11.9 Å². The number of alkyl halides is 2. The van der Waals surface area contributed by atoms with Gasteiger partial charge in [-0.1, -0.05) is 77.0 Å². The van der Waals surface area contributed by atoms with Gasteiger partial charge in [-0.2, -0.15) is 0 Å². The van der Waals surface area contributed by atoms with Gasteiger partial charge in [-0.15, -0.1) is 23.2 Å². The summed E-state index contributed by atoms with van der Waals surface area (Å²) in [4.78, 5) is 21.1. The number of hydrogen-bond donors (Lipinski definition) is 2. The summed E-state index contributed by atoms with van der Waals surface area (Å²) in [5.74, 6) is -1.83. The Bertz CT molecular complexity index is 305. The third-order valence-electron chi connectivity index (χ3n) is 4.20. The third-order valence-corrected chi connectivity index (χ3v) is 5.01. The van der Waals surface area contributed by atoms with Gasteiger partial charge in [0.2, 0.25) is 0 Å². The second kappa shape index (κ2) is 16.0. The molecule has 6 heteroatoms. The molecular weight excluding hydrogens is 351 g/mol. The number of aliphatic carboxylic acids is 2. The number of unbranched alkanes of at least 4 members (excludes halogenated alkanes) is 11. The lowest BCUT2D eigenvalue weighted by atomic mass is 10.0. The fourth-order valence-corrected chi connectivity index (χ4v) is 2.97. The maximum Gasteiger partial charge on any atom is 0.321 e. The van der Waals surface area contributed by atoms with Gasteiger partial charge in [-0.3, -0.25) is 9.59 Å². The molecule has 2 N–H and O–H groups in total. The van der Waals surface area contributed by atoms with Crippen LogP contribution in [-0.2, 0) is 9.59 Å². The van der Waals surface area contributed by atoms with E-state index in [4.69, 9.17) is 33.4 Å². The fraction of sp³-hybridized carbons (Fsp3) is 0.889. The molecule has 0 aromatic heterocycles. The van der Waals surface area contributed by atoms with E-state index in [0.717, 1.165) is 38.5 Å². The quantitative estimate of drug-likeness (QED) is 0.245. The normalized spacial score (nSPS) is 13.6. The summed E-state index contributed by atoms with van der Waals surface area (Å²) in [6.07, 6.45) is 14.8. The highest BCUT2D eigenvalue weighted by atomic mass is 35.5. The Morgan fingerprint density at radius 3 is 0.958 bits per heavy atom. The van der Waals surface area contributed by atoms with Crippen LogP contribution in [0.4, 0.5) is 0 Å². The molecular formula is C18H32Cl2O4. The van der Waals surface area contributed by atoms with Crippen molar-refractivity contribution in [2.75, 3.05) is 0 Å². The molecule has 0 aliphatic carbocycles. The average molecular weight is 383 g/mol. The summed E-state index contributed by atoms with van der Waals surface area (Å²) in [6, 6.07) is 0. The SMILES string of the molecule is O=C(O)C(Cl)CCCCCCCCCCCCCCC(Cl)C(=O)O. The minimum atomic E-state index is -0.916. The Hall–Kier alpha value is -0.480. The molecule has 0 aliphatic rings. The van der Waals surface area contributed by atoms with Gasteiger partial charge in [0.1, 0.15) is 10.8 Å². The van der Waals surface area contributed by atoms with Gasteiger partial charge in [0, 0.05) is 0 Å². The first kappa shape index (κ1) is 23.5. The Morgan fingerprint density at radius 2 is 0.750 bits per heavy atom. The van der Waals surface area contributed by atoms with Crippen molar-refractivity contribution in [3.63, 3.8) is 0 Å². The van der Waals surface area contributed by atoms with Gasteiger partial charge < -0.3 is 10.2 Å². The van der Waals surface area contributed by atoms with E-state index < -0.39 is 22.7 Å². The lowest BCUT2D eigenvalue weighted by molar-refractivity contribution is -0.137. The Balaban J connectivity index is 3.15. The van der Waals surface area contributed by atoms with E-state index in [9.17, 15) is 9.59 Å². The minimum Gasteiger partial charge on any atom is -0.480 e. The molecule has 0 saturated carbocycles. The summed E-state index contributed by atoms with van der Waals surface area (Å²) in [5, 5.41) is 15.9. The van der Waals surface area contributed by atoms with Crippen molar-refractivity contribution in [3.8, 4) is 0 Å². The molecule has 0 heterocycles. The van der Waals surface area contributed by atoms with Crippen molar-refractivity contribution < 1.29 is 19.8 Å². The molecule has 0 fully saturated rings. The van der Waals surface area contributed by atoms with E-state index in [1.165, 1.54) is 38.5 Å². The standard InChI is InChI=1S/C18H32Cl2O4/c19-15(17(21)22)13-11-9-7-5-3-1-2-4-6-8-10-12-14-16(20)18(23)24/h15-16H,1-14H2,(H,21,22)(H,23,24). The van der Waals surface area contributed by atoms with E-state index in [0.29, 0.717) is 12.8 Å². The zero-order chi connectivity index (χ0) is 18.2. The largest absolute Gasteiger partial charge is 0.480 e. The van der Waals surface area contributed by atoms with E-state index in [-0.39, 0.29) is 0 Å². The van der Waals surface area contributed by atoms with Crippen molar-refractivity contribution >= 4 is 35.1 Å². The van der Waals surface area contributed by atoms with Crippen LogP contribution < -0.4 is 0 Å². The molecule has 0 rings (SSSR count). The summed E-state index contributed by atoms with van der Waals surface area (Å²) >= 11 is 11.3. The molecule has 2 unspecified atom stereocenters. The van der Waals surface area contributed by atoms with Crippen LogP contribution in [0.3, 0.4) is 0 Å². The Morgan fingerprint density at radius 1 is 0.542 bits per heavy atom. The first-order valence-electron chi connectivity index (χ1n) is 9.19. The molecule has 0 aromatic rings. The zero-order valence-corrected chi connectivity index (χ0v) is 16.0. The van der Waals surface area contributed by atoms with Crippen molar-refractivity contribution in [1.29, 1.82) is 0 Å². The van der Waals surface area contributed by atoms with E-state index in [1.807, 2.05) is 0 Å². The van der Waals surface area contributed by atoms with Crippen LogP contribution in [0.2, 0.25) is 0 Å². The number of carbonyl (C=O) groups is 2. The maximum atomic E-state index is 10.5. The number of carboxylic acid groups (broad SMARTS) is 2. The Kier molecular flexibility index (Phi) is 15.7. The van der Waals surface area contributed by atoms with Crippen LogP contribution in [0, 0.1) is 0 Å². The first-order valence-corrected chi connectivity index (χ1v) is 10.1. The lowest BCUT2D eigenvalue weighted by Crippen LogP contribution is -2.12. The molecule has 0 radical (unpaired) electrons. The van der Waals surface area contributed by atoms with Gasteiger partial charge in [-0.25, -0.2) is 0 Å². The van der Waals surface area contributed by atoms with Gasteiger partial charge in [0.05, 0.1) is 0 Å².